The molecule has 8 heteroatoms. The van der Waals surface area contributed by atoms with Crippen molar-refractivity contribution >= 4 is 21.9 Å². The van der Waals surface area contributed by atoms with Gasteiger partial charge in [-0.2, -0.15) is 8.42 Å². The van der Waals surface area contributed by atoms with E-state index in [1.54, 1.807) is 16.7 Å². The van der Waals surface area contributed by atoms with Crippen LogP contribution in [0, 0.1) is 0 Å². The van der Waals surface area contributed by atoms with Crippen LogP contribution in [0.15, 0.2) is 41.3 Å². The van der Waals surface area contributed by atoms with Crippen LogP contribution < -0.4 is 0 Å². The van der Waals surface area contributed by atoms with Crippen molar-refractivity contribution in [3.63, 3.8) is 0 Å². The minimum atomic E-state index is -4.03. The van der Waals surface area contributed by atoms with E-state index in [0.29, 0.717) is 18.7 Å². The first-order chi connectivity index (χ1) is 11.4. The van der Waals surface area contributed by atoms with Crippen LogP contribution in [0.5, 0.6) is 0 Å². The van der Waals surface area contributed by atoms with Crippen LogP contribution in [0.3, 0.4) is 0 Å². The lowest BCUT2D eigenvalue weighted by molar-refractivity contribution is -0.138. The molecule has 1 N–H and O–H groups in total. The highest BCUT2D eigenvalue weighted by Crippen LogP contribution is 2.32. The van der Waals surface area contributed by atoms with Crippen molar-refractivity contribution in [2.24, 2.45) is 0 Å². The lowest BCUT2D eigenvalue weighted by Crippen LogP contribution is -2.14. The third-order valence-corrected chi connectivity index (χ3v) is 5.50. The molecule has 1 unspecified atom stereocenters. The SMILES string of the molecule is COS(=O)(=O)c1ccccc1C(=O)c1ccc2n1CCC2C(=O)O. The quantitative estimate of drug-likeness (QED) is 0.650. The number of carbonyl (C=O) groups excluding carboxylic acids is 1. The van der Waals surface area contributed by atoms with Gasteiger partial charge in [0, 0.05) is 17.8 Å². The molecule has 1 atom stereocenters. The number of nitrogens with zero attached hydrogens (tertiary/aromatic N) is 1. The molecule has 2 heterocycles. The zero-order chi connectivity index (χ0) is 17.5. The average Bonchev–Trinajstić information content (AvgIpc) is 3.15. The van der Waals surface area contributed by atoms with Crippen LogP contribution >= 0.6 is 0 Å². The molecule has 1 aliphatic rings. The van der Waals surface area contributed by atoms with Gasteiger partial charge >= 0.3 is 5.97 Å². The van der Waals surface area contributed by atoms with Crippen molar-refractivity contribution in [3.05, 3.63) is 53.3 Å². The van der Waals surface area contributed by atoms with Gasteiger partial charge in [0.15, 0.2) is 0 Å². The summed E-state index contributed by atoms with van der Waals surface area (Å²) in [7, 11) is -3.00. The molecule has 0 fully saturated rings. The monoisotopic (exact) mass is 349 g/mol. The number of aromatic nitrogens is 1. The summed E-state index contributed by atoms with van der Waals surface area (Å²) >= 11 is 0. The largest absolute Gasteiger partial charge is 0.481 e. The summed E-state index contributed by atoms with van der Waals surface area (Å²) < 4.78 is 30.2. The second-order valence-electron chi connectivity index (χ2n) is 5.42. The standard InChI is InChI=1S/C16H15NO6S/c1-23-24(21,22)14-5-3-2-4-11(14)15(18)13-7-6-12-10(16(19)20)8-9-17(12)13/h2-7,10H,8-9H2,1H3,(H,19,20). The first-order valence-electron chi connectivity index (χ1n) is 7.23. The van der Waals surface area contributed by atoms with Gasteiger partial charge in [0.1, 0.15) is 4.90 Å². The van der Waals surface area contributed by atoms with Gasteiger partial charge in [-0.1, -0.05) is 12.1 Å². The zero-order valence-corrected chi connectivity index (χ0v) is 13.6. The van der Waals surface area contributed by atoms with E-state index >= 15 is 0 Å². The number of rotatable bonds is 5. The molecule has 1 aromatic heterocycles. The molecule has 126 valence electrons. The molecule has 7 nitrogen and oxygen atoms in total. The van der Waals surface area contributed by atoms with Gasteiger partial charge in [0.05, 0.1) is 18.7 Å². The second-order valence-corrected chi connectivity index (χ2v) is 7.10. The topological polar surface area (TPSA) is 103 Å². The molecule has 24 heavy (non-hydrogen) atoms. The summed E-state index contributed by atoms with van der Waals surface area (Å²) in [6, 6.07) is 8.93. The van der Waals surface area contributed by atoms with Crippen LogP contribution in [-0.2, 0) is 25.6 Å². The summed E-state index contributed by atoms with van der Waals surface area (Å²) in [5.74, 6) is -2.07. The van der Waals surface area contributed by atoms with Gasteiger partial charge in [-0.25, -0.2) is 0 Å². The number of carboxylic acids is 1. The minimum Gasteiger partial charge on any atom is -0.481 e. The summed E-state index contributed by atoms with van der Waals surface area (Å²) in [4.78, 5) is 23.9. The third-order valence-electron chi connectivity index (χ3n) is 4.16. The molecule has 0 aliphatic carbocycles. The van der Waals surface area contributed by atoms with Gasteiger partial charge in [0.25, 0.3) is 10.1 Å². The van der Waals surface area contributed by atoms with Crippen molar-refractivity contribution in [1.82, 2.24) is 4.57 Å². The van der Waals surface area contributed by atoms with Gasteiger partial charge < -0.3 is 9.67 Å². The maximum atomic E-state index is 12.8. The third kappa shape index (κ3) is 2.53. The maximum Gasteiger partial charge on any atom is 0.312 e. The Bertz CT molecular complexity index is 928. The molecule has 0 bridgehead atoms. The van der Waals surface area contributed by atoms with Crippen LogP contribution in [0.2, 0.25) is 0 Å². The molecule has 1 aliphatic heterocycles. The predicted molar refractivity (Wildman–Crippen MR) is 83.5 cm³/mol. The lowest BCUT2D eigenvalue weighted by atomic mass is 10.1. The fraction of sp³-hybridized carbons (Fsp3) is 0.250. The van der Waals surface area contributed by atoms with Crippen molar-refractivity contribution < 1.29 is 27.3 Å². The number of hydrogen-bond donors (Lipinski definition) is 1. The Labute approximate surface area is 138 Å². The maximum absolute atomic E-state index is 12.8. The van der Waals surface area contributed by atoms with Crippen LogP contribution in [0.1, 0.15) is 34.1 Å². The van der Waals surface area contributed by atoms with Crippen LogP contribution in [-0.4, -0.2) is 37.0 Å². The molecule has 0 saturated carbocycles. The zero-order valence-electron chi connectivity index (χ0n) is 12.8. The highest BCUT2D eigenvalue weighted by atomic mass is 32.2. The smallest absolute Gasteiger partial charge is 0.312 e. The van der Waals surface area contributed by atoms with Crippen molar-refractivity contribution in [3.8, 4) is 0 Å². The van der Waals surface area contributed by atoms with E-state index in [1.165, 1.54) is 24.3 Å². The van der Waals surface area contributed by atoms with E-state index in [0.717, 1.165) is 7.11 Å². The number of fused-ring (bicyclic) bond motifs is 1. The van der Waals surface area contributed by atoms with E-state index in [9.17, 15) is 23.1 Å². The first-order valence-corrected chi connectivity index (χ1v) is 8.64. The number of carbonyl (C=O) groups is 2. The lowest BCUT2D eigenvalue weighted by Gasteiger charge is -2.09. The molecular formula is C16H15NO6S. The molecule has 0 spiro atoms. The van der Waals surface area contributed by atoms with E-state index in [2.05, 4.69) is 4.18 Å². The molecule has 2 aromatic rings. The molecule has 3 rings (SSSR count). The number of aliphatic carboxylic acids is 1. The van der Waals surface area contributed by atoms with E-state index < -0.39 is 27.8 Å². The Hall–Kier alpha value is -2.45. The number of benzene rings is 1. The van der Waals surface area contributed by atoms with Gasteiger partial charge in [0.2, 0.25) is 5.78 Å². The molecular weight excluding hydrogens is 334 g/mol. The second kappa shape index (κ2) is 5.88. The van der Waals surface area contributed by atoms with Gasteiger partial charge in [-0.3, -0.25) is 13.8 Å². The van der Waals surface area contributed by atoms with Crippen molar-refractivity contribution in [1.29, 1.82) is 0 Å². The molecule has 1 aromatic carbocycles. The number of carboxylic acid groups (broad SMARTS) is 1. The normalized spacial score (nSPS) is 16.8. The Morgan fingerprint density at radius 2 is 1.92 bits per heavy atom. The van der Waals surface area contributed by atoms with Crippen LogP contribution in [0.25, 0.3) is 0 Å². The number of hydrogen-bond acceptors (Lipinski definition) is 5. The Morgan fingerprint density at radius 1 is 1.21 bits per heavy atom. The Morgan fingerprint density at radius 3 is 2.58 bits per heavy atom. The first kappa shape index (κ1) is 16.4. The van der Waals surface area contributed by atoms with Crippen molar-refractivity contribution in [2.45, 2.75) is 23.8 Å². The molecule has 0 radical (unpaired) electrons. The summed E-state index contributed by atoms with van der Waals surface area (Å²) in [5.41, 5.74) is 0.824. The Kier molecular flexibility index (Phi) is 4.02. The highest BCUT2D eigenvalue weighted by molar-refractivity contribution is 7.86. The molecule has 0 saturated heterocycles. The van der Waals surface area contributed by atoms with Crippen LogP contribution in [0.4, 0.5) is 0 Å². The number of ketones is 1. The summed E-state index contributed by atoms with van der Waals surface area (Å²) in [6.45, 7) is 0.402. The minimum absolute atomic E-state index is 0.000903. The fourth-order valence-electron chi connectivity index (χ4n) is 2.99. The van der Waals surface area contributed by atoms with Crippen molar-refractivity contribution in [2.75, 3.05) is 7.11 Å². The fourth-order valence-corrected chi connectivity index (χ4v) is 3.85. The van der Waals surface area contributed by atoms with E-state index in [1.807, 2.05) is 0 Å². The highest BCUT2D eigenvalue weighted by Gasteiger charge is 2.32. The summed E-state index contributed by atoms with van der Waals surface area (Å²) in [5, 5.41) is 9.21. The average molecular weight is 349 g/mol. The predicted octanol–water partition coefficient (Wildman–Crippen LogP) is 1.63. The Balaban J connectivity index is 2.08. The van der Waals surface area contributed by atoms with Gasteiger partial charge in [-0.05, 0) is 30.7 Å². The van der Waals surface area contributed by atoms with Gasteiger partial charge in [-0.15, -0.1) is 0 Å². The summed E-state index contributed by atoms with van der Waals surface area (Å²) in [6.07, 6.45) is 0.407. The van der Waals surface area contributed by atoms with E-state index in [-0.39, 0.29) is 16.2 Å². The van der Waals surface area contributed by atoms with E-state index in [4.69, 9.17) is 0 Å². The molecule has 0 amide bonds.